The number of alkyl halides is 3. The maximum Gasteiger partial charge on any atom is 0.417 e. The minimum absolute atomic E-state index is 0.0199. The molecule has 35 heavy (non-hydrogen) atoms. The molecule has 3 heterocycles. The largest absolute Gasteiger partial charge is 0.417 e. The topological polar surface area (TPSA) is 84.1 Å². The molecule has 1 saturated heterocycles. The van der Waals surface area contributed by atoms with Crippen LogP contribution in [0.25, 0.3) is 16.7 Å². The standard InChI is InChI=1S/C26H26F3N5O/c1-17(25(35)33-24-8-6-21(15-32-24)26(27,28)29)22-12-19(5-7-23(22)30)20-11-18(13-31-14-20)16-34-9-3-2-4-10-34/h5-8,11-15H,1-4,9-10,16,30H2,(H,32,33,35). The number of hydrogen-bond donors (Lipinski definition) is 2. The number of aromatic nitrogens is 2. The molecule has 0 aliphatic carbocycles. The molecule has 182 valence electrons. The van der Waals surface area contributed by atoms with Crippen molar-refractivity contribution in [3.8, 4) is 11.1 Å². The number of hydrogen-bond acceptors (Lipinski definition) is 5. The van der Waals surface area contributed by atoms with Crippen LogP contribution in [0.4, 0.5) is 24.7 Å². The Morgan fingerprint density at radius 3 is 2.49 bits per heavy atom. The molecule has 4 rings (SSSR count). The molecule has 2 aromatic heterocycles. The Bertz CT molecular complexity index is 1220. The SMILES string of the molecule is C=C(C(=O)Nc1ccc(C(F)(F)F)cn1)c1cc(-c2cncc(CN3CCCCC3)c2)ccc1N. The molecule has 1 fully saturated rings. The highest BCUT2D eigenvalue weighted by Gasteiger charge is 2.30. The second-order valence-electron chi connectivity index (χ2n) is 8.58. The molecule has 1 amide bonds. The smallest absolute Gasteiger partial charge is 0.398 e. The minimum Gasteiger partial charge on any atom is -0.398 e. The summed E-state index contributed by atoms with van der Waals surface area (Å²) in [6, 6.07) is 9.32. The fourth-order valence-corrected chi connectivity index (χ4v) is 4.05. The first-order valence-corrected chi connectivity index (χ1v) is 11.3. The van der Waals surface area contributed by atoms with Gasteiger partial charge in [-0.3, -0.25) is 14.7 Å². The molecule has 0 bridgehead atoms. The Labute approximate surface area is 201 Å². The quantitative estimate of drug-likeness (QED) is 0.365. The fourth-order valence-electron chi connectivity index (χ4n) is 4.05. The van der Waals surface area contributed by atoms with E-state index in [1.54, 1.807) is 18.3 Å². The van der Waals surface area contributed by atoms with Crippen LogP contribution >= 0.6 is 0 Å². The van der Waals surface area contributed by atoms with Gasteiger partial charge in [0.1, 0.15) is 5.82 Å². The summed E-state index contributed by atoms with van der Waals surface area (Å²) in [6.07, 6.45) is 3.46. The number of carbonyl (C=O) groups is 1. The van der Waals surface area contributed by atoms with E-state index in [2.05, 4.69) is 32.8 Å². The van der Waals surface area contributed by atoms with Gasteiger partial charge in [-0.15, -0.1) is 0 Å². The number of nitrogens with two attached hydrogens (primary N) is 1. The number of likely N-dealkylation sites (tertiary alicyclic amines) is 1. The van der Waals surface area contributed by atoms with Crippen LogP contribution in [0.5, 0.6) is 0 Å². The first-order chi connectivity index (χ1) is 16.7. The summed E-state index contributed by atoms with van der Waals surface area (Å²) in [6.45, 7) is 6.84. The number of piperidine rings is 1. The first-order valence-electron chi connectivity index (χ1n) is 11.3. The van der Waals surface area contributed by atoms with Gasteiger partial charge in [-0.25, -0.2) is 4.98 Å². The zero-order chi connectivity index (χ0) is 25.0. The maximum atomic E-state index is 12.7. The number of nitrogens with one attached hydrogen (secondary N) is 1. The molecule has 3 aromatic rings. The number of carbonyl (C=O) groups excluding carboxylic acids is 1. The molecule has 6 nitrogen and oxygen atoms in total. The van der Waals surface area contributed by atoms with Gasteiger partial charge < -0.3 is 11.1 Å². The van der Waals surface area contributed by atoms with Crippen LogP contribution in [0.3, 0.4) is 0 Å². The molecule has 1 aromatic carbocycles. The summed E-state index contributed by atoms with van der Waals surface area (Å²) in [5.74, 6) is -0.633. The number of pyridine rings is 2. The average molecular weight is 482 g/mol. The summed E-state index contributed by atoms with van der Waals surface area (Å²) in [7, 11) is 0. The molecule has 0 spiro atoms. The predicted molar refractivity (Wildman–Crippen MR) is 130 cm³/mol. The number of amides is 1. The normalized spacial score (nSPS) is 14.5. The van der Waals surface area contributed by atoms with E-state index >= 15 is 0 Å². The Morgan fingerprint density at radius 2 is 1.80 bits per heavy atom. The molecule has 1 aliphatic heterocycles. The third-order valence-electron chi connectivity index (χ3n) is 5.97. The maximum absolute atomic E-state index is 12.7. The molecule has 0 saturated carbocycles. The van der Waals surface area contributed by atoms with Crippen molar-refractivity contribution in [2.24, 2.45) is 0 Å². The van der Waals surface area contributed by atoms with Crippen molar-refractivity contribution in [2.75, 3.05) is 24.1 Å². The van der Waals surface area contributed by atoms with Gasteiger partial charge >= 0.3 is 6.18 Å². The number of benzene rings is 1. The van der Waals surface area contributed by atoms with E-state index in [1.807, 2.05) is 12.3 Å². The zero-order valence-electron chi connectivity index (χ0n) is 19.1. The minimum atomic E-state index is -4.51. The molecule has 3 N–H and O–H groups in total. The number of rotatable bonds is 6. The monoisotopic (exact) mass is 481 g/mol. The molecule has 0 unspecified atom stereocenters. The molecular weight excluding hydrogens is 455 g/mol. The molecule has 1 aliphatic rings. The Hall–Kier alpha value is -3.72. The van der Waals surface area contributed by atoms with Crippen LogP contribution in [-0.2, 0) is 17.5 Å². The van der Waals surface area contributed by atoms with Crippen LogP contribution in [0.1, 0.15) is 36.0 Å². The number of nitrogen functional groups attached to an aromatic ring is 1. The predicted octanol–water partition coefficient (Wildman–Crippen LogP) is 5.38. The van der Waals surface area contributed by atoms with Crippen LogP contribution in [-0.4, -0.2) is 33.9 Å². The second kappa shape index (κ2) is 10.3. The van der Waals surface area contributed by atoms with E-state index in [-0.39, 0.29) is 11.4 Å². The lowest BCUT2D eigenvalue weighted by atomic mass is 9.98. The van der Waals surface area contributed by atoms with E-state index in [9.17, 15) is 18.0 Å². The number of nitrogens with zero attached hydrogens (tertiary/aromatic N) is 3. The lowest BCUT2D eigenvalue weighted by Gasteiger charge is -2.26. The van der Waals surface area contributed by atoms with E-state index in [1.165, 1.54) is 19.3 Å². The van der Waals surface area contributed by atoms with Crippen molar-refractivity contribution in [1.29, 1.82) is 0 Å². The summed E-state index contributed by atoms with van der Waals surface area (Å²) >= 11 is 0. The Morgan fingerprint density at radius 1 is 1.03 bits per heavy atom. The molecule has 9 heteroatoms. The number of halogens is 3. The van der Waals surface area contributed by atoms with Crippen molar-refractivity contribution in [2.45, 2.75) is 32.0 Å². The van der Waals surface area contributed by atoms with Gasteiger partial charge in [0.2, 0.25) is 0 Å². The van der Waals surface area contributed by atoms with Gasteiger partial charge in [-0.05, 0) is 67.4 Å². The first kappa shape index (κ1) is 24.4. The van der Waals surface area contributed by atoms with Crippen LogP contribution in [0.15, 0.2) is 61.6 Å². The lowest BCUT2D eigenvalue weighted by molar-refractivity contribution is -0.137. The highest BCUT2D eigenvalue weighted by atomic mass is 19.4. The van der Waals surface area contributed by atoms with Crippen molar-refractivity contribution in [3.63, 3.8) is 0 Å². The fraction of sp³-hybridized carbons (Fsp3) is 0.269. The summed E-state index contributed by atoms with van der Waals surface area (Å²) < 4.78 is 38.2. The molecular formula is C26H26F3N5O. The van der Waals surface area contributed by atoms with Crippen LogP contribution in [0, 0.1) is 0 Å². The van der Waals surface area contributed by atoms with Crippen molar-refractivity contribution < 1.29 is 18.0 Å². The summed E-state index contributed by atoms with van der Waals surface area (Å²) in [5, 5.41) is 2.47. The van der Waals surface area contributed by atoms with Gasteiger partial charge in [0.15, 0.2) is 0 Å². The van der Waals surface area contributed by atoms with Crippen molar-refractivity contribution >= 4 is 23.0 Å². The molecule has 0 atom stereocenters. The van der Waals surface area contributed by atoms with Gasteiger partial charge in [-0.1, -0.05) is 19.1 Å². The van der Waals surface area contributed by atoms with E-state index in [0.717, 1.165) is 48.5 Å². The van der Waals surface area contributed by atoms with Gasteiger partial charge in [0.25, 0.3) is 5.91 Å². The molecule has 0 radical (unpaired) electrons. The van der Waals surface area contributed by atoms with Crippen molar-refractivity contribution in [3.05, 3.63) is 78.3 Å². The summed E-state index contributed by atoms with van der Waals surface area (Å²) in [5.41, 5.74) is 8.88. The van der Waals surface area contributed by atoms with Gasteiger partial charge in [0.05, 0.1) is 5.56 Å². The lowest BCUT2D eigenvalue weighted by Crippen LogP contribution is -2.29. The Balaban J connectivity index is 1.50. The third-order valence-corrected chi connectivity index (χ3v) is 5.97. The van der Waals surface area contributed by atoms with Crippen LogP contribution in [0.2, 0.25) is 0 Å². The highest BCUT2D eigenvalue weighted by molar-refractivity contribution is 6.25. The zero-order valence-corrected chi connectivity index (χ0v) is 19.1. The third kappa shape index (κ3) is 6.05. The Kier molecular flexibility index (Phi) is 7.16. The second-order valence-corrected chi connectivity index (χ2v) is 8.58. The van der Waals surface area contributed by atoms with E-state index in [0.29, 0.717) is 17.4 Å². The number of anilines is 2. The summed E-state index contributed by atoms with van der Waals surface area (Å²) in [4.78, 5) is 23.2. The van der Waals surface area contributed by atoms with Crippen LogP contribution < -0.4 is 11.1 Å². The van der Waals surface area contributed by atoms with E-state index < -0.39 is 17.6 Å². The average Bonchev–Trinajstić information content (AvgIpc) is 2.84. The van der Waals surface area contributed by atoms with E-state index in [4.69, 9.17) is 5.73 Å². The van der Waals surface area contributed by atoms with Gasteiger partial charge in [-0.2, -0.15) is 13.2 Å². The highest BCUT2D eigenvalue weighted by Crippen LogP contribution is 2.30. The van der Waals surface area contributed by atoms with Gasteiger partial charge in [0, 0.05) is 47.5 Å². The van der Waals surface area contributed by atoms with Crippen molar-refractivity contribution in [1.82, 2.24) is 14.9 Å².